The van der Waals surface area contributed by atoms with Crippen molar-refractivity contribution in [3.63, 3.8) is 0 Å². The highest BCUT2D eigenvalue weighted by Crippen LogP contribution is 2.23. The van der Waals surface area contributed by atoms with E-state index in [2.05, 4.69) is 19.2 Å². The van der Waals surface area contributed by atoms with Gasteiger partial charge in [0.05, 0.1) is 18.8 Å². The maximum Gasteiger partial charge on any atom is 0.410 e. The van der Waals surface area contributed by atoms with Crippen molar-refractivity contribution in [1.29, 1.82) is 0 Å². The van der Waals surface area contributed by atoms with Crippen LogP contribution in [0.5, 0.6) is 0 Å². The summed E-state index contributed by atoms with van der Waals surface area (Å²) in [6.45, 7) is 8.58. The number of carbonyl (C=O) groups excluding carboxylic acids is 2. The summed E-state index contributed by atoms with van der Waals surface area (Å²) in [4.78, 5) is 45.3. The van der Waals surface area contributed by atoms with Gasteiger partial charge in [-0.05, 0) is 43.9 Å². The minimum Gasteiger partial charge on any atom is -0.450 e. The molecule has 1 aliphatic rings. The topological polar surface area (TPSA) is 93.5 Å². The van der Waals surface area contributed by atoms with Crippen LogP contribution in [0.4, 0.5) is 10.5 Å². The van der Waals surface area contributed by atoms with Gasteiger partial charge in [0.15, 0.2) is 0 Å². The van der Waals surface area contributed by atoms with E-state index in [1.54, 1.807) is 11.8 Å². The summed E-state index contributed by atoms with van der Waals surface area (Å²) in [6.07, 6.45) is -0.0688. The second-order valence-electron chi connectivity index (χ2n) is 9.32. The molecular formula is C28H32N4O4. The third-order valence-electron chi connectivity index (χ3n) is 6.30. The molecule has 0 saturated heterocycles. The van der Waals surface area contributed by atoms with E-state index in [1.807, 2.05) is 55.5 Å². The van der Waals surface area contributed by atoms with E-state index >= 15 is 0 Å². The van der Waals surface area contributed by atoms with Crippen LogP contribution in [0.15, 0.2) is 53.3 Å². The minimum atomic E-state index is -0.422. The first kappa shape index (κ1) is 25.2. The number of hydrogen-bond acceptors (Lipinski definition) is 5. The number of ether oxygens (including phenoxy) is 1. The number of hydrogen-bond donors (Lipinski definition) is 1. The van der Waals surface area contributed by atoms with Crippen molar-refractivity contribution in [2.24, 2.45) is 0 Å². The highest BCUT2D eigenvalue weighted by atomic mass is 16.6. The highest BCUT2D eigenvalue weighted by molar-refractivity contribution is 5.91. The smallest absolute Gasteiger partial charge is 0.410 e. The number of benzene rings is 2. The Bertz CT molecular complexity index is 1330. The number of rotatable bonds is 6. The molecule has 0 fully saturated rings. The van der Waals surface area contributed by atoms with Gasteiger partial charge >= 0.3 is 6.09 Å². The molecule has 1 aromatic heterocycles. The molecule has 0 spiro atoms. The number of aryl methyl sites for hydroxylation is 1. The number of amides is 2. The van der Waals surface area contributed by atoms with Gasteiger partial charge in [-0.15, -0.1) is 0 Å². The zero-order chi connectivity index (χ0) is 25.8. The quantitative estimate of drug-likeness (QED) is 0.552. The van der Waals surface area contributed by atoms with E-state index in [9.17, 15) is 14.4 Å². The van der Waals surface area contributed by atoms with E-state index in [0.717, 1.165) is 16.7 Å². The molecule has 1 N–H and O–H groups in total. The fraction of sp³-hybridized carbons (Fsp3) is 0.357. The second kappa shape index (κ2) is 10.8. The van der Waals surface area contributed by atoms with Gasteiger partial charge in [0.25, 0.3) is 5.56 Å². The molecule has 2 aromatic carbocycles. The molecule has 0 bridgehead atoms. The number of nitrogens with zero attached hydrogens (tertiary/aromatic N) is 3. The Kier molecular flexibility index (Phi) is 7.52. The molecular weight excluding hydrogens is 456 g/mol. The molecule has 0 saturated carbocycles. The van der Waals surface area contributed by atoms with Crippen molar-refractivity contribution in [2.45, 2.75) is 53.1 Å². The van der Waals surface area contributed by atoms with E-state index in [-0.39, 0.29) is 31.2 Å². The molecule has 2 heterocycles. The summed E-state index contributed by atoms with van der Waals surface area (Å²) in [7, 11) is 0. The first-order valence-electron chi connectivity index (χ1n) is 12.3. The van der Waals surface area contributed by atoms with Crippen LogP contribution in [0.25, 0.3) is 11.4 Å². The fourth-order valence-corrected chi connectivity index (χ4v) is 4.29. The van der Waals surface area contributed by atoms with E-state index < -0.39 is 6.09 Å². The molecule has 188 valence electrons. The fourth-order valence-electron chi connectivity index (χ4n) is 4.29. The normalized spacial score (nSPS) is 12.9. The maximum atomic E-state index is 13.6. The monoisotopic (exact) mass is 488 g/mol. The lowest BCUT2D eigenvalue weighted by Gasteiger charge is -2.28. The van der Waals surface area contributed by atoms with Gasteiger partial charge < -0.3 is 15.0 Å². The number of aromatic nitrogens is 2. The van der Waals surface area contributed by atoms with Crippen LogP contribution < -0.4 is 10.9 Å². The predicted molar refractivity (Wildman–Crippen MR) is 139 cm³/mol. The van der Waals surface area contributed by atoms with Crippen molar-refractivity contribution in [1.82, 2.24) is 14.5 Å². The number of anilines is 1. The predicted octanol–water partition coefficient (Wildman–Crippen LogP) is 4.50. The van der Waals surface area contributed by atoms with E-state index in [0.29, 0.717) is 41.7 Å². The summed E-state index contributed by atoms with van der Waals surface area (Å²) >= 11 is 0. The molecule has 1 aliphatic heterocycles. The summed E-state index contributed by atoms with van der Waals surface area (Å²) in [5, 5.41) is 2.92. The molecule has 0 aliphatic carbocycles. The van der Waals surface area contributed by atoms with Crippen LogP contribution >= 0.6 is 0 Å². The van der Waals surface area contributed by atoms with Crippen LogP contribution in [-0.2, 0) is 29.0 Å². The minimum absolute atomic E-state index is 0.171. The van der Waals surface area contributed by atoms with Gasteiger partial charge in [-0.2, -0.15) is 0 Å². The van der Waals surface area contributed by atoms with Gasteiger partial charge in [-0.3, -0.25) is 14.2 Å². The molecule has 8 heteroatoms. The zero-order valence-electron chi connectivity index (χ0n) is 21.2. The Balaban J connectivity index is 1.69. The van der Waals surface area contributed by atoms with Crippen LogP contribution in [0.1, 0.15) is 49.1 Å². The van der Waals surface area contributed by atoms with E-state index in [4.69, 9.17) is 9.72 Å². The lowest BCUT2D eigenvalue weighted by Crippen LogP contribution is -2.42. The van der Waals surface area contributed by atoms with E-state index in [1.165, 1.54) is 4.57 Å². The summed E-state index contributed by atoms with van der Waals surface area (Å²) in [5.74, 6) is 0.421. The van der Waals surface area contributed by atoms with Gasteiger partial charge in [0, 0.05) is 23.4 Å². The first-order chi connectivity index (χ1) is 17.3. The molecule has 4 rings (SSSR count). The van der Waals surface area contributed by atoms with Crippen LogP contribution in [-0.4, -0.2) is 39.6 Å². The summed E-state index contributed by atoms with van der Waals surface area (Å²) in [6, 6.07) is 15.4. The third-order valence-corrected chi connectivity index (χ3v) is 6.30. The number of nitrogens with one attached hydrogen (secondary N) is 1. The lowest BCUT2D eigenvalue weighted by molar-refractivity contribution is -0.116. The van der Waals surface area contributed by atoms with Crippen LogP contribution in [0.3, 0.4) is 0 Å². The lowest BCUT2D eigenvalue weighted by atomic mass is 10.0. The van der Waals surface area contributed by atoms with Gasteiger partial charge in [0.1, 0.15) is 12.4 Å². The number of carbonyl (C=O) groups is 2. The molecule has 0 unspecified atom stereocenters. The third kappa shape index (κ3) is 5.48. The molecule has 0 radical (unpaired) electrons. The van der Waals surface area contributed by atoms with Crippen molar-refractivity contribution < 1.29 is 14.3 Å². The van der Waals surface area contributed by atoms with Gasteiger partial charge in [-0.1, -0.05) is 55.8 Å². The van der Waals surface area contributed by atoms with Crippen LogP contribution in [0.2, 0.25) is 0 Å². The molecule has 3 aromatic rings. The van der Waals surface area contributed by atoms with Crippen LogP contribution in [0, 0.1) is 6.92 Å². The first-order valence-corrected chi connectivity index (χ1v) is 12.3. The highest BCUT2D eigenvalue weighted by Gasteiger charge is 2.27. The Hall–Kier alpha value is -3.94. The Labute approximate surface area is 210 Å². The average molecular weight is 489 g/mol. The van der Waals surface area contributed by atoms with Crippen molar-refractivity contribution in [3.8, 4) is 11.4 Å². The Morgan fingerprint density at radius 3 is 2.58 bits per heavy atom. The van der Waals surface area contributed by atoms with Gasteiger partial charge in [0.2, 0.25) is 5.91 Å². The summed E-state index contributed by atoms with van der Waals surface area (Å²) < 4.78 is 6.57. The van der Waals surface area contributed by atoms with Crippen molar-refractivity contribution in [3.05, 3.63) is 81.3 Å². The van der Waals surface area contributed by atoms with Gasteiger partial charge in [-0.25, -0.2) is 9.78 Å². The Morgan fingerprint density at radius 2 is 1.89 bits per heavy atom. The molecule has 0 atom stereocenters. The van der Waals surface area contributed by atoms with Crippen molar-refractivity contribution in [2.75, 3.05) is 18.5 Å². The SMILES string of the molecule is CCOC(=O)N1CCc2c(nc(-c3ccc(C)cc3)n(CC(=O)Nc3cccc(C(C)C)c3)c2=O)C1. The molecule has 8 nitrogen and oxygen atoms in total. The maximum absolute atomic E-state index is 13.6. The average Bonchev–Trinajstić information content (AvgIpc) is 2.86. The molecule has 36 heavy (non-hydrogen) atoms. The number of fused-ring (bicyclic) bond motifs is 1. The second-order valence-corrected chi connectivity index (χ2v) is 9.32. The standard InChI is InChI=1S/C28H32N4O4/c1-5-36-28(35)31-14-13-23-24(16-31)30-26(20-11-9-19(4)10-12-20)32(27(23)34)17-25(33)29-22-8-6-7-21(15-22)18(2)3/h6-12,15,18H,5,13-14,16-17H2,1-4H3,(H,29,33). The largest absolute Gasteiger partial charge is 0.450 e. The van der Waals surface area contributed by atoms with Crippen molar-refractivity contribution >= 4 is 17.7 Å². The zero-order valence-corrected chi connectivity index (χ0v) is 21.2. The molecule has 2 amide bonds. The summed E-state index contributed by atoms with van der Waals surface area (Å²) in [5.41, 5.74) is 4.41. The Morgan fingerprint density at radius 1 is 1.14 bits per heavy atom.